The Hall–Kier alpha value is -2.23. The SMILES string of the molecule is NCCCCCCNC(=O)Cc1cn([C@H]2C=C[C@@H](CO)O2)c(=O)[nH]c1=O. The summed E-state index contributed by atoms with van der Waals surface area (Å²) in [6.07, 6.45) is 7.08. The molecule has 0 spiro atoms. The molecule has 9 heteroatoms. The number of nitrogens with zero attached hydrogens (tertiary/aromatic N) is 1. The lowest BCUT2D eigenvalue weighted by molar-refractivity contribution is -0.120. The second kappa shape index (κ2) is 10.0. The van der Waals surface area contributed by atoms with E-state index in [1.165, 1.54) is 10.8 Å². The van der Waals surface area contributed by atoms with Crippen molar-refractivity contribution in [3.63, 3.8) is 0 Å². The number of carbonyl (C=O) groups excluding carboxylic acids is 1. The third kappa shape index (κ3) is 5.65. The van der Waals surface area contributed by atoms with Crippen LogP contribution in [0, 0.1) is 0 Å². The van der Waals surface area contributed by atoms with Crippen LogP contribution in [-0.4, -0.2) is 46.4 Å². The van der Waals surface area contributed by atoms with Crippen molar-refractivity contribution in [2.75, 3.05) is 19.7 Å². The van der Waals surface area contributed by atoms with Crippen LogP contribution in [0.25, 0.3) is 0 Å². The number of hydrogen-bond acceptors (Lipinski definition) is 6. The van der Waals surface area contributed by atoms with Gasteiger partial charge in [0.2, 0.25) is 5.91 Å². The van der Waals surface area contributed by atoms with E-state index in [9.17, 15) is 14.4 Å². The van der Waals surface area contributed by atoms with Crippen LogP contribution >= 0.6 is 0 Å². The molecule has 1 aliphatic rings. The number of hydrogen-bond donors (Lipinski definition) is 4. The molecule has 0 radical (unpaired) electrons. The number of H-pyrrole nitrogens is 1. The summed E-state index contributed by atoms with van der Waals surface area (Å²) in [6.45, 7) is 1.00. The van der Waals surface area contributed by atoms with Gasteiger partial charge in [0.25, 0.3) is 5.56 Å². The van der Waals surface area contributed by atoms with E-state index in [0.717, 1.165) is 25.7 Å². The molecule has 2 rings (SSSR count). The number of nitrogens with two attached hydrogens (primary N) is 1. The van der Waals surface area contributed by atoms with Gasteiger partial charge < -0.3 is 20.9 Å². The molecule has 2 heterocycles. The number of nitrogens with one attached hydrogen (secondary N) is 2. The molecule has 2 atom stereocenters. The van der Waals surface area contributed by atoms with Gasteiger partial charge in [-0.1, -0.05) is 18.9 Å². The van der Waals surface area contributed by atoms with Crippen LogP contribution in [0.4, 0.5) is 0 Å². The quantitative estimate of drug-likeness (QED) is 0.314. The molecule has 0 bridgehead atoms. The summed E-state index contributed by atoms with van der Waals surface area (Å²) in [5, 5.41) is 11.9. The minimum atomic E-state index is -0.721. The standard InChI is InChI=1S/C17H26N4O5/c18-7-3-1-2-4-8-19-14(23)9-12-10-21(17(25)20-16(12)24)15-6-5-13(11-22)26-15/h5-6,10,13,15,22H,1-4,7-9,11,18H2,(H,19,23)(H,20,24,25)/t13-,15+/m0/s1. The zero-order valence-corrected chi connectivity index (χ0v) is 14.6. The third-order valence-corrected chi connectivity index (χ3v) is 4.10. The molecule has 1 aromatic heterocycles. The van der Waals surface area contributed by atoms with Gasteiger partial charge in [-0.25, -0.2) is 4.79 Å². The van der Waals surface area contributed by atoms with Gasteiger partial charge in [-0.2, -0.15) is 0 Å². The summed E-state index contributed by atoms with van der Waals surface area (Å²) >= 11 is 0. The van der Waals surface area contributed by atoms with Crippen LogP contribution in [0.15, 0.2) is 27.9 Å². The molecule has 0 unspecified atom stereocenters. The van der Waals surface area contributed by atoms with Crippen molar-refractivity contribution in [3.8, 4) is 0 Å². The Morgan fingerprint density at radius 1 is 1.27 bits per heavy atom. The largest absolute Gasteiger partial charge is 0.393 e. The molecular formula is C17H26N4O5. The molecule has 1 aromatic rings. The molecule has 1 amide bonds. The Labute approximate surface area is 150 Å². The van der Waals surface area contributed by atoms with E-state index in [4.69, 9.17) is 15.6 Å². The molecule has 0 saturated carbocycles. The van der Waals surface area contributed by atoms with Crippen LogP contribution in [0.1, 0.15) is 37.5 Å². The predicted octanol–water partition coefficient (Wildman–Crippen LogP) is -0.840. The Kier molecular flexibility index (Phi) is 7.76. The molecular weight excluding hydrogens is 340 g/mol. The first-order chi connectivity index (χ1) is 12.5. The second-order valence-electron chi connectivity index (χ2n) is 6.18. The molecule has 1 aliphatic heterocycles. The van der Waals surface area contributed by atoms with Gasteiger partial charge in [0.15, 0.2) is 6.23 Å². The van der Waals surface area contributed by atoms with E-state index in [0.29, 0.717) is 13.1 Å². The minimum absolute atomic E-state index is 0.127. The van der Waals surface area contributed by atoms with Crippen LogP contribution in [0.3, 0.4) is 0 Å². The molecule has 5 N–H and O–H groups in total. The first-order valence-corrected chi connectivity index (χ1v) is 8.81. The van der Waals surface area contributed by atoms with Gasteiger partial charge in [0, 0.05) is 18.3 Å². The number of aliphatic hydroxyl groups excluding tert-OH is 1. The lowest BCUT2D eigenvalue weighted by atomic mass is 10.2. The average Bonchev–Trinajstić information content (AvgIpc) is 3.09. The number of rotatable bonds is 10. The maximum absolute atomic E-state index is 12.0. The minimum Gasteiger partial charge on any atom is -0.393 e. The number of aliphatic hydroxyl groups is 1. The van der Waals surface area contributed by atoms with Crippen molar-refractivity contribution in [2.45, 2.75) is 44.4 Å². The molecule has 0 aromatic carbocycles. The number of ether oxygens (including phenoxy) is 1. The molecule has 0 saturated heterocycles. The number of aromatic nitrogens is 2. The van der Waals surface area contributed by atoms with Crippen molar-refractivity contribution in [3.05, 3.63) is 44.8 Å². The third-order valence-electron chi connectivity index (χ3n) is 4.10. The zero-order chi connectivity index (χ0) is 18.9. The summed E-state index contributed by atoms with van der Waals surface area (Å²) in [5.74, 6) is -0.282. The van der Waals surface area contributed by atoms with E-state index in [1.54, 1.807) is 12.2 Å². The van der Waals surface area contributed by atoms with Crippen molar-refractivity contribution >= 4 is 5.91 Å². The number of carbonyl (C=O) groups is 1. The maximum atomic E-state index is 12.0. The van der Waals surface area contributed by atoms with Crippen LogP contribution in [0.5, 0.6) is 0 Å². The monoisotopic (exact) mass is 366 g/mol. The topological polar surface area (TPSA) is 139 Å². The molecule has 144 valence electrons. The molecule has 9 nitrogen and oxygen atoms in total. The van der Waals surface area contributed by atoms with E-state index in [1.807, 2.05) is 0 Å². The summed E-state index contributed by atoms with van der Waals surface area (Å²) in [6, 6.07) is 0. The number of amides is 1. The molecule has 26 heavy (non-hydrogen) atoms. The Bertz CT molecular complexity index is 739. The first-order valence-electron chi connectivity index (χ1n) is 8.81. The van der Waals surface area contributed by atoms with E-state index in [2.05, 4.69) is 10.3 Å². The summed E-state index contributed by atoms with van der Waals surface area (Å²) < 4.78 is 6.66. The number of aromatic amines is 1. The molecule has 0 fully saturated rings. The Morgan fingerprint density at radius 3 is 2.73 bits per heavy atom. The fourth-order valence-electron chi connectivity index (χ4n) is 2.68. The summed E-state index contributed by atoms with van der Waals surface area (Å²) in [7, 11) is 0. The Balaban J connectivity index is 1.94. The summed E-state index contributed by atoms with van der Waals surface area (Å²) in [4.78, 5) is 38.1. The second-order valence-corrected chi connectivity index (χ2v) is 6.18. The van der Waals surface area contributed by atoms with Gasteiger partial charge in [-0.15, -0.1) is 0 Å². The highest BCUT2D eigenvalue weighted by atomic mass is 16.5. The lowest BCUT2D eigenvalue weighted by Crippen LogP contribution is -2.36. The average molecular weight is 366 g/mol. The predicted molar refractivity (Wildman–Crippen MR) is 95.7 cm³/mol. The van der Waals surface area contributed by atoms with Gasteiger partial charge in [0.05, 0.1) is 13.0 Å². The highest BCUT2D eigenvalue weighted by Crippen LogP contribution is 2.19. The van der Waals surface area contributed by atoms with Crippen molar-refractivity contribution in [1.82, 2.24) is 14.9 Å². The number of unbranched alkanes of at least 4 members (excludes halogenated alkanes) is 3. The van der Waals surface area contributed by atoms with Crippen molar-refractivity contribution in [1.29, 1.82) is 0 Å². The lowest BCUT2D eigenvalue weighted by Gasteiger charge is -2.15. The fraction of sp³-hybridized carbons (Fsp3) is 0.588. The van der Waals surface area contributed by atoms with E-state index < -0.39 is 23.6 Å². The van der Waals surface area contributed by atoms with Gasteiger partial charge in [-0.3, -0.25) is 19.1 Å². The highest BCUT2D eigenvalue weighted by molar-refractivity contribution is 5.78. The zero-order valence-electron chi connectivity index (χ0n) is 14.6. The van der Waals surface area contributed by atoms with Gasteiger partial charge in [0.1, 0.15) is 6.10 Å². The van der Waals surface area contributed by atoms with E-state index in [-0.39, 0.29) is 24.5 Å². The van der Waals surface area contributed by atoms with Crippen LogP contribution in [0.2, 0.25) is 0 Å². The maximum Gasteiger partial charge on any atom is 0.330 e. The van der Waals surface area contributed by atoms with Crippen LogP contribution in [-0.2, 0) is 16.0 Å². The van der Waals surface area contributed by atoms with Crippen LogP contribution < -0.4 is 22.3 Å². The highest BCUT2D eigenvalue weighted by Gasteiger charge is 2.22. The van der Waals surface area contributed by atoms with Crippen molar-refractivity contribution in [2.24, 2.45) is 5.73 Å². The van der Waals surface area contributed by atoms with E-state index >= 15 is 0 Å². The normalized spacial score (nSPS) is 19.0. The van der Waals surface area contributed by atoms with Crippen molar-refractivity contribution < 1.29 is 14.6 Å². The summed E-state index contributed by atoms with van der Waals surface area (Å²) in [5.41, 5.74) is 4.37. The first kappa shape index (κ1) is 20.1. The Morgan fingerprint density at radius 2 is 2.04 bits per heavy atom. The fourth-order valence-corrected chi connectivity index (χ4v) is 2.68. The van der Waals surface area contributed by atoms with Gasteiger partial charge in [-0.05, 0) is 25.5 Å². The molecule has 0 aliphatic carbocycles. The van der Waals surface area contributed by atoms with Gasteiger partial charge >= 0.3 is 5.69 Å². The smallest absolute Gasteiger partial charge is 0.330 e.